The highest BCUT2D eigenvalue weighted by atomic mass is 16.5. The molecule has 0 amide bonds. The van der Waals surface area contributed by atoms with Gasteiger partial charge in [-0.05, 0) is 58.9 Å². The quantitative estimate of drug-likeness (QED) is 0.0903. The van der Waals surface area contributed by atoms with Gasteiger partial charge in [0.05, 0.1) is 6.61 Å². The molecule has 0 saturated carbocycles. The molecular formula is C36H36O8. The van der Waals surface area contributed by atoms with Crippen LogP contribution in [-0.4, -0.2) is 45.4 Å². The largest absolute Gasteiger partial charge is 0.502 e. The fourth-order valence-corrected chi connectivity index (χ4v) is 4.79. The fraction of sp³-hybridized carbons (Fsp3) is 0.222. The Labute approximate surface area is 255 Å². The van der Waals surface area contributed by atoms with E-state index in [1.54, 1.807) is 13.8 Å². The normalized spacial score (nSPS) is 11.7. The summed E-state index contributed by atoms with van der Waals surface area (Å²) >= 11 is 0. The van der Waals surface area contributed by atoms with Crippen LogP contribution in [0.4, 0.5) is 0 Å². The van der Waals surface area contributed by atoms with Crippen LogP contribution < -0.4 is 0 Å². The van der Waals surface area contributed by atoms with Gasteiger partial charge in [0.2, 0.25) is 11.5 Å². The van der Waals surface area contributed by atoms with Gasteiger partial charge in [0.1, 0.15) is 0 Å². The van der Waals surface area contributed by atoms with E-state index < -0.39 is 23.5 Å². The molecule has 0 aromatic heterocycles. The van der Waals surface area contributed by atoms with Crippen LogP contribution in [0.2, 0.25) is 0 Å². The minimum Gasteiger partial charge on any atom is -0.502 e. The Morgan fingerprint density at radius 2 is 1.18 bits per heavy atom. The molecule has 0 radical (unpaired) electrons. The highest BCUT2D eigenvalue weighted by molar-refractivity contribution is 6.02. The smallest absolute Gasteiger partial charge is 0.373 e. The molecule has 0 aliphatic carbocycles. The van der Waals surface area contributed by atoms with Crippen LogP contribution in [0, 0.1) is 0 Å². The number of hydrogen-bond donors (Lipinski definition) is 3. The highest BCUT2D eigenvalue weighted by Crippen LogP contribution is 2.22. The van der Waals surface area contributed by atoms with Gasteiger partial charge in [-0.1, -0.05) is 91.9 Å². The van der Waals surface area contributed by atoms with Crippen LogP contribution in [0.25, 0.3) is 21.5 Å². The van der Waals surface area contributed by atoms with Crippen LogP contribution in [0.1, 0.15) is 44.2 Å². The molecule has 0 bridgehead atoms. The van der Waals surface area contributed by atoms with Crippen molar-refractivity contribution in [3.8, 4) is 0 Å². The Morgan fingerprint density at radius 3 is 1.68 bits per heavy atom. The Kier molecular flexibility index (Phi) is 12.4. The Morgan fingerprint density at radius 1 is 0.682 bits per heavy atom. The lowest BCUT2D eigenvalue weighted by molar-refractivity contribution is -0.141. The van der Waals surface area contributed by atoms with E-state index in [2.05, 4.69) is 4.74 Å². The lowest BCUT2D eigenvalue weighted by Crippen LogP contribution is -2.12. The highest BCUT2D eigenvalue weighted by Gasteiger charge is 2.18. The van der Waals surface area contributed by atoms with E-state index in [4.69, 9.17) is 5.11 Å². The monoisotopic (exact) mass is 596 g/mol. The maximum absolute atomic E-state index is 12.1. The van der Waals surface area contributed by atoms with Crippen molar-refractivity contribution >= 4 is 45.0 Å². The molecule has 0 spiro atoms. The topological polar surface area (TPSA) is 138 Å². The van der Waals surface area contributed by atoms with Crippen LogP contribution in [0.15, 0.2) is 108 Å². The molecule has 0 aliphatic rings. The van der Waals surface area contributed by atoms with Crippen molar-refractivity contribution in [3.63, 3.8) is 0 Å². The third-order valence-corrected chi connectivity index (χ3v) is 6.98. The van der Waals surface area contributed by atoms with Gasteiger partial charge in [-0.2, -0.15) is 0 Å². The molecule has 0 atom stereocenters. The number of Topliss-reactive ketones (excluding diaryl/α,β-unsaturated/α-hetero) is 1. The average molecular weight is 597 g/mol. The number of aliphatic hydroxyl groups excluding tert-OH is 2. The van der Waals surface area contributed by atoms with Gasteiger partial charge in [-0.3, -0.25) is 9.59 Å². The SMILES string of the molecule is CC/C(C(=O)CCc1cccc2ccccc12)=C(/O)C(=O)O.CCOC(=O)/C(O)=C/C(=O)CCc1cccc2ccccc12. The number of fused-ring (bicyclic) bond motifs is 2. The Bertz CT molecular complexity index is 1700. The third kappa shape index (κ3) is 9.13. The van der Waals surface area contributed by atoms with Crippen molar-refractivity contribution in [3.05, 3.63) is 119 Å². The predicted octanol–water partition coefficient (Wildman–Crippen LogP) is 6.99. The molecule has 4 aromatic rings. The molecule has 0 fully saturated rings. The van der Waals surface area contributed by atoms with Crippen LogP contribution in [-0.2, 0) is 36.8 Å². The Balaban J connectivity index is 0.000000240. The van der Waals surface area contributed by atoms with Crippen LogP contribution in [0.5, 0.6) is 0 Å². The number of allylic oxidation sites excluding steroid dienone is 2. The summed E-state index contributed by atoms with van der Waals surface area (Å²) < 4.78 is 4.62. The first kappa shape index (κ1) is 33.3. The number of hydrogen-bond acceptors (Lipinski definition) is 7. The van der Waals surface area contributed by atoms with Gasteiger partial charge in [0, 0.05) is 24.5 Å². The van der Waals surface area contributed by atoms with E-state index in [0.29, 0.717) is 12.8 Å². The predicted molar refractivity (Wildman–Crippen MR) is 169 cm³/mol. The van der Waals surface area contributed by atoms with E-state index in [0.717, 1.165) is 38.7 Å². The zero-order chi connectivity index (χ0) is 32.1. The van der Waals surface area contributed by atoms with Crippen molar-refractivity contribution in [1.82, 2.24) is 0 Å². The number of carbonyl (C=O) groups excluding carboxylic acids is 3. The number of carboxylic acids is 1. The first-order chi connectivity index (χ1) is 21.2. The number of ether oxygens (including phenoxy) is 1. The molecule has 8 heteroatoms. The van der Waals surface area contributed by atoms with Crippen molar-refractivity contribution < 1.29 is 39.2 Å². The molecule has 0 heterocycles. The zero-order valence-electron chi connectivity index (χ0n) is 24.8. The van der Waals surface area contributed by atoms with Crippen molar-refractivity contribution in [1.29, 1.82) is 0 Å². The molecule has 0 unspecified atom stereocenters. The minimum absolute atomic E-state index is 0.0206. The van der Waals surface area contributed by atoms with Gasteiger partial charge in [-0.15, -0.1) is 0 Å². The van der Waals surface area contributed by atoms with Crippen molar-refractivity contribution in [2.24, 2.45) is 0 Å². The van der Waals surface area contributed by atoms with Gasteiger partial charge in [0.25, 0.3) is 0 Å². The lowest BCUT2D eigenvalue weighted by atomic mass is 9.97. The standard InChI is InChI=1S/2C18H18O4/c1-2-22-18(21)17(20)12-15(19)11-10-14-8-5-7-13-6-3-4-9-16(13)14;1-2-14(17(20)18(21)22)16(19)11-10-13-8-5-7-12-6-3-4-9-15(12)13/h3-9,12,20H,2,10-11H2,1H3;3-9,20H,2,10-11H2,1H3,(H,21,22)/b17-12-;17-14-. The molecule has 4 rings (SSSR count). The summed E-state index contributed by atoms with van der Waals surface area (Å²) in [4.78, 5) is 46.0. The summed E-state index contributed by atoms with van der Waals surface area (Å²) in [6.07, 6.45) is 2.59. The van der Waals surface area contributed by atoms with Crippen LogP contribution >= 0.6 is 0 Å². The number of aryl methyl sites for hydroxylation is 2. The van der Waals surface area contributed by atoms with E-state index in [9.17, 15) is 29.4 Å². The summed E-state index contributed by atoms with van der Waals surface area (Å²) in [7, 11) is 0. The summed E-state index contributed by atoms with van der Waals surface area (Å²) in [6.45, 7) is 3.44. The molecule has 3 N–H and O–H groups in total. The number of esters is 1. The molecule has 0 saturated heterocycles. The van der Waals surface area contributed by atoms with E-state index >= 15 is 0 Å². The number of benzene rings is 4. The molecule has 228 valence electrons. The van der Waals surface area contributed by atoms with Gasteiger partial charge < -0.3 is 20.1 Å². The summed E-state index contributed by atoms with van der Waals surface area (Å²) in [5, 5.41) is 32.2. The number of carboxylic acid groups (broad SMARTS) is 1. The second-order valence-electron chi connectivity index (χ2n) is 9.90. The second kappa shape index (κ2) is 16.4. The minimum atomic E-state index is -1.46. The number of aliphatic hydroxyl groups is 2. The molecule has 8 nitrogen and oxygen atoms in total. The van der Waals surface area contributed by atoms with E-state index in [1.807, 2.05) is 84.9 Å². The molecule has 44 heavy (non-hydrogen) atoms. The number of ketones is 2. The van der Waals surface area contributed by atoms with Crippen molar-refractivity contribution in [2.75, 3.05) is 6.61 Å². The maximum atomic E-state index is 12.1. The molecule has 0 aliphatic heterocycles. The third-order valence-electron chi connectivity index (χ3n) is 6.98. The molecule has 4 aromatic carbocycles. The summed E-state index contributed by atoms with van der Waals surface area (Å²) in [6, 6.07) is 27.7. The van der Waals surface area contributed by atoms with E-state index in [-0.39, 0.29) is 43.0 Å². The van der Waals surface area contributed by atoms with Gasteiger partial charge in [-0.25, -0.2) is 9.59 Å². The first-order valence-corrected chi connectivity index (χ1v) is 14.4. The Hall–Kier alpha value is -5.24. The summed E-state index contributed by atoms with van der Waals surface area (Å²) in [5.41, 5.74) is 2.08. The fourth-order valence-electron chi connectivity index (χ4n) is 4.79. The summed E-state index contributed by atoms with van der Waals surface area (Å²) in [5.74, 6) is -4.46. The molecular weight excluding hydrogens is 560 g/mol. The first-order valence-electron chi connectivity index (χ1n) is 14.4. The van der Waals surface area contributed by atoms with Crippen LogP contribution in [0.3, 0.4) is 0 Å². The van der Waals surface area contributed by atoms with Gasteiger partial charge >= 0.3 is 11.9 Å². The number of aliphatic carboxylic acids is 1. The lowest BCUT2D eigenvalue weighted by Gasteiger charge is -2.08. The van der Waals surface area contributed by atoms with E-state index in [1.165, 1.54) is 0 Å². The van der Waals surface area contributed by atoms with Crippen molar-refractivity contribution in [2.45, 2.75) is 46.0 Å². The number of rotatable bonds is 12. The number of carbonyl (C=O) groups is 4. The van der Waals surface area contributed by atoms with Gasteiger partial charge in [0.15, 0.2) is 11.6 Å². The maximum Gasteiger partial charge on any atom is 0.373 e. The second-order valence-corrected chi connectivity index (χ2v) is 9.90. The average Bonchev–Trinajstić information content (AvgIpc) is 3.03. The zero-order valence-corrected chi connectivity index (χ0v) is 24.8.